The van der Waals surface area contributed by atoms with E-state index in [4.69, 9.17) is 17.3 Å². The summed E-state index contributed by atoms with van der Waals surface area (Å²) in [6, 6.07) is 4.70. The highest BCUT2D eigenvalue weighted by Gasteiger charge is 2.36. The molecule has 0 fully saturated rings. The predicted octanol–water partition coefficient (Wildman–Crippen LogP) is 4.14. The van der Waals surface area contributed by atoms with Gasteiger partial charge in [-0.15, -0.1) is 0 Å². The van der Waals surface area contributed by atoms with Crippen LogP contribution in [0.4, 0.5) is 13.2 Å². The second-order valence-corrected chi connectivity index (χ2v) is 8.89. The summed E-state index contributed by atoms with van der Waals surface area (Å²) in [5, 5.41) is -0.0335. The molecule has 7 nitrogen and oxygen atoms in total. The number of hydrogen-bond donors (Lipinski definition) is 1. The van der Waals surface area contributed by atoms with E-state index in [1.54, 1.807) is 19.1 Å². The molecule has 0 aromatic carbocycles. The number of nitrogens with two attached hydrogens (primary N) is 1. The molecule has 12 heteroatoms. The molecule has 3 heterocycles. The highest BCUT2D eigenvalue weighted by molar-refractivity contribution is 8.14. The topological polar surface area (TPSA) is 99.7 Å². The minimum atomic E-state index is -2.87. The van der Waals surface area contributed by atoms with Crippen molar-refractivity contribution < 1.29 is 27.4 Å². The molecule has 0 aliphatic carbocycles. The fourth-order valence-corrected chi connectivity index (χ4v) is 4.73. The first-order valence-electron chi connectivity index (χ1n) is 9.45. The summed E-state index contributed by atoms with van der Waals surface area (Å²) < 4.78 is 46.3. The number of ketones is 1. The summed E-state index contributed by atoms with van der Waals surface area (Å²) in [7, 11) is 0. The Morgan fingerprint density at radius 2 is 2.19 bits per heavy atom. The summed E-state index contributed by atoms with van der Waals surface area (Å²) in [6.07, 6.45) is 3.11. The molecule has 172 valence electrons. The lowest BCUT2D eigenvalue weighted by atomic mass is 9.90. The number of ether oxygens (including phenoxy) is 2. The standard InChI is InChI=1S/C20H20ClF3N4O3S/c1-20(7-13(9-30-18(23)24)32-19(25)28-20)16-5-11(2-3-26-16)4-15(29)17-14(21)6-12(8-27-17)31-10-22/h2-3,5-6,8,13,18H,4,7,9-10H2,1H3,(H2,25,28)/t13-,20-/m0/s1. The number of carbonyl (C=O) groups is 1. The van der Waals surface area contributed by atoms with E-state index in [2.05, 4.69) is 24.4 Å². The van der Waals surface area contributed by atoms with Crippen LogP contribution in [0.5, 0.6) is 5.75 Å². The lowest BCUT2D eigenvalue weighted by molar-refractivity contribution is -0.128. The quantitative estimate of drug-likeness (QED) is 0.529. The zero-order valence-electron chi connectivity index (χ0n) is 16.9. The van der Waals surface area contributed by atoms with Crippen LogP contribution in [0.15, 0.2) is 35.6 Å². The molecule has 1 aliphatic rings. The average molecular weight is 489 g/mol. The van der Waals surface area contributed by atoms with E-state index in [-0.39, 0.29) is 45.7 Å². The molecule has 2 atom stereocenters. The second-order valence-electron chi connectivity index (χ2n) is 7.17. The van der Waals surface area contributed by atoms with Gasteiger partial charge in [0, 0.05) is 23.9 Å². The molecule has 2 aromatic rings. The Labute approximate surface area is 191 Å². The van der Waals surface area contributed by atoms with Crippen LogP contribution in [-0.4, -0.2) is 46.2 Å². The van der Waals surface area contributed by atoms with Gasteiger partial charge in [-0.1, -0.05) is 23.4 Å². The normalized spacial score (nSPS) is 20.8. The predicted molar refractivity (Wildman–Crippen MR) is 115 cm³/mol. The first-order valence-corrected chi connectivity index (χ1v) is 10.7. The maximum atomic E-state index is 12.7. The maximum absolute atomic E-state index is 12.7. The summed E-state index contributed by atoms with van der Waals surface area (Å²) in [5.74, 6) is -0.237. The molecule has 0 unspecified atom stereocenters. The Kier molecular flexibility index (Phi) is 7.96. The first kappa shape index (κ1) is 24.3. The van der Waals surface area contributed by atoms with Gasteiger partial charge in [0.15, 0.2) is 11.0 Å². The number of aromatic nitrogens is 2. The van der Waals surface area contributed by atoms with E-state index in [0.29, 0.717) is 17.7 Å². The van der Waals surface area contributed by atoms with Crippen molar-refractivity contribution in [2.45, 2.75) is 37.2 Å². The van der Waals surface area contributed by atoms with Crippen molar-refractivity contribution in [1.82, 2.24) is 9.97 Å². The van der Waals surface area contributed by atoms with Crippen LogP contribution in [0.25, 0.3) is 0 Å². The van der Waals surface area contributed by atoms with Crippen molar-refractivity contribution in [2.75, 3.05) is 13.5 Å². The van der Waals surface area contributed by atoms with Gasteiger partial charge in [-0.25, -0.2) is 14.4 Å². The van der Waals surface area contributed by atoms with Crippen LogP contribution >= 0.6 is 23.4 Å². The molecular weight excluding hydrogens is 469 g/mol. The number of pyridine rings is 2. The lowest BCUT2D eigenvalue weighted by Crippen LogP contribution is -2.36. The smallest absolute Gasteiger partial charge is 0.345 e. The van der Waals surface area contributed by atoms with Gasteiger partial charge in [-0.3, -0.25) is 9.78 Å². The van der Waals surface area contributed by atoms with Crippen molar-refractivity contribution in [3.8, 4) is 5.75 Å². The number of amidine groups is 1. The summed E-state index contributed by atoms with van der Waals surface area (Å²) in [6.45, 7) is -2.29. The maximum Gasteiger partial charge on any atom is 0.345 e. The Hall–Kier alpha value is -2.37. The molecule has 0 radical (unpaired) electrons. The van der Waals surface area contributed by atoms with E-state index >= 15 is 0 Å². The fourth-order valence-electron chi connectivity index (χ4n) is 3.32. The zero-order chi connectivity index (χ0) is 23.3. The Balaban J connectivity index is 1.77. The molecule has 1 aliphatic heterocycles. The van der Waals surface area contributed by atoms with Crippen molar-refractivity contribution in [3.63, 3.8) is 0 Å². The number of thioether (sulfide) groups is 1. The monoisotopic (exact) mass is 488 g/mol. The van der Waals surface area contributed by atoms with Gasteiger partial charge in [0.1, 0.15) is 17.0 Å². The minimum absolute atomic E-state index is 0.0203. The molecule has 0 saturated heterocycles. The highest BCUT2D eigenvalue weighted by Crippen LogP contribution is 2.38. The van der Waals surface area contributed by atoms with Crippen LogP contribution in [0.2, 0.25) is 5.02 Å². The molecule has 0 bridgehead atoms. The number of Topliss-reactive ketones (excluding diaryl/α,β-unsaturated/α-hetero) is 1. The van der Waals surface area contributed by atoms with Crippen LogP contribution in [0.3, 0.4) is 0 Å². The molecule has 3 rings (SSSR count). The van der Waals surface area contributed by atoms with Gasteiger partial charge < -0.3 is 15.2 Å². The molecule has 32 heavy (non-hydrogen) atoms. The van der Waals surface area contributed by atoms with Crippen LogP contribution in [0.1, 0.15) is 35.1 Å². The minimum Gasteiger partial charge on any atom is -0.461 e. The zero-order valence-corrected chi connectivity index (χ0v) is 18.5. The van der Waals surface area contributed by atoms with Crippen molar-refractivity contribution >= 4 is 34.3 Å². The summed E-state index contributed by atoms with van der Waals surface area (Å²) >= 11 is 7.26. The van der Waals surface area contributed by atoms with E-state index in [1.165, 1.54) is 30.2 Å². The molecule has 0 spiro atoms. The summed E-state index contributed by atoms with van der Waals surface area (Å²) in [5.41, 5.74) is 6.26. The summed E-state index contributed by atoms with van der Waals surface area (Å²) in [4.78, 5) is 25.5. The molecule has 2 N–H and O–H groups in total. The Morgan fingerprint density at radius 1 is 1.41 bits per heavy atom. The number of nitrogens with zero attached hydrogens (tertiary/aromatic N) is 3. The van der Waals surface area contributed by atoms with Crippen molar-refractivity contribution in [2.24, 2.45) is 10.7 Å². The van der Waals surface area contributed by atoms with Crippen LogP contribution in [-0.2, 0) is 16.7 Å². The van der Waals surface area contributed by atoms with Gasteiger partial charge >= 0.3 is 6.61 Å². The number of carbonyl (C=O) groups excluding carboxylic acids is 1. The molecular formula is C20H20ClF3N4O3S. The average Bonchev–Trinajstić information content (AvgIpc) is 2.72. The number of hydrogen-bond acceptors (Lipinski definition) is 8. The van der Waals surface area contributed by atoms with E-state index < -0.39 is 19.0 Å². The lowest BCUT2D eigenvalue weighted by Gasteiger charge is -2.33. The first-order chi connectivity index (χ1) is 15.2. The third kappa shape index (κ3) is 6.11. The van der Waals surface area contributed by atoms with E-state index in [1.807, 2.05) is 0 Å². The van der Waals surface area contributed by atoms with Crippen molar-refractivity contribution in [3.05, 3.63) is 52.6 Å². The molecule has 0 amide bonds. The second kappa shape index (κ2) is 10.5. The van der Waals surface area contributed by atoms with Gasteiger partial charge in [-0.2, -0.15) is 8.78 Å². The third-order valence-electron chi connectivity index (χ3n) is 4.72. The number of alkyl halides is 3. The van der Waals surface area contributed by atoms with Gasteiger partial charge in [0.05, 0.1) is 23.5 Å². The van der Waals surface area contributed by atoms with Gasteiger partial charge in [0.2, 0.25) is 6.86 Å². The Morgan fingerprint density at radius 3 is 2.88 bits per heavy atom. The number of aliphatic imine (C=N–C) groups is 1. The van der Waals surface area contributed by atoms with E-state index in [9.17, 15) is 18.0 Å². The highest BCUT2D eigenvalue weighted by atomic mass is 35.5. The fraction of sp³-hybridized carbons (Fsp3) is 0.400. The Bertz CT molecular complexity index is 1010. The van der Waals surface area contributed by atoms with Crippen LogP contribution < -0.4 is 10.5 Å². The van der Waals surface area contributed by atoms with Gasteiger partial charge in [-0.05, 0) is 31.0 Å². The number of halogens is 4. The van der Waals surface area contributed by atoms with Crippen LogP contribution in [0, 0.1) is 0 Å². The number of rotatable bonds is 9. The largest absolute Gasteiger partial charge is 0.461 e. The molecule has 2 aromatic heterocycles. The molecule has 0 saturated carbocycles. The van der Waals surface area contributed by atoms with Crippen molar-refractivity contribution in [1.29, 1.82) is 0 Å². The van der Waals surface area contributed by atoms with E-state index in [0.717, 1.165) is 0 Å². The van der Waals surface area contributed by atoms with Gasteiger partial charge in [0.25, 0.3) is 0 Å². The SMILES string of the molecule is C[C@@]1(c2cc(CC(=O)c3ncc(OCF)cc3Cl)ccn2)C[C@@H](COC(F)F)SC(N)=N1. The third-order valence-corrected chi connectivity index (χ3v) is 5.98.